The highest BCUT2D eigenvalue weighted by molar-refractivity contribution is 6.35. The Labute approximate surface area is 183 Å². The third kappa shape index (κ3) is 3.64. The number of benzene rings is 3. The fourth-order valence-corrected chi connectivity index (χ4v) is 4.14. The summed E-state index contributed by atoms with van der Waals surface area (Å²) < 4.78 is 5.62. The maximum atomic E-state index is 12.6. The molecule has 0 radical (unpaired) electrons. The van der Waals surface area contributed by atoms with Crippen molar-refractivity contribution in [3.8, 4) is 16.9 Å². The van der Waals surface area contributed by atoms with Crippen LogP contribution >= 0.6 is 34.8 Å². The van der Waals surface area contributed by atoms with Gasteiger partial charge in [0.25, 0.3) is 0 Å². The number of methoxy groups -OCH3 is 1. The molecule has 1 unspecified atom stereocenters. The van der Waals surface area contributed by atoms with Gasteiger partial charge < -0.3 is 10.1 Å². The van der Waals surface area contributed by atoms with E-state index in [1.165, 1.54) is 0 Å². The fraction of sp³-hybridized carbons (Fsp3) is 0.136. The van der Waals surface area contributed by atoms with Crippen LogP contribution in [0.1, 0.15) is 17.2 Å². The van der Waals surface area contributed by atoms with E-state index in [2.05, 4.69) is 5.32 Å². The highest BCUT2D eigenvalue weighted by Crippen LogP contribution is 2.44. The summed E-state index contributed by atoms with van der Waals surface area (Å²) in [5.74, 6) is 0.597. The molecule has 0 fully saturated rings. The average molecular weight is 448 g/mol. The third-order valence-corrected chi connectivity index (χ3v) is 5.79. The number of urea groups is 1. The minimum absolute atomic E-state index is 0.210. The number of nitrogens with one attached hydrogen (secondary N) is 1. The van der Waals surface area contributed by atoms with Gasteiger partial charge in [0.05, 0.1) is 18.8 Å². The van der Waals surface area contributed by atoms with Gasteiger partial charge in [0.15, 0.2) is 0 Å². The molecule has 0 aliphatic carbocycles. The molecule has 3 aromatic rings. The molecule has 7 heteroatoms. The first kappa shape index (κ1) is 19.9. The van der Waals surface area contributed by atoms with Crippen molar-refractivity contribution in [1.29, 1.82) is 0 Å². The van der Waals surface area contributed by atoms with Gasteiger partial charge in [-0.05, 0) is 42.0 Å². The molecule has 29 heavy (non-hydrogen) atoms. The van der Waals surface area contributed by atoms with Crippen LogP contribution in [0.2, 0.25) is 15.1 Å². The molecular weight excluding hydrogens is 431 g/mol. The molecule has 0 aromatic heterocycles. The molecule has 0 saturated heterocycles. The van der Waals surface area contributed by atoms with Crippen molar-refractivity contribution >= 4 is 46.5 Å². The highest BCUT2D eigenvalue weighted by atomic mass is 35.5. The van der Waals surface area contributed by atoms with Crippen LogP contribution in [0.15, 0.2) is 54.6 Å². The van der Waals surface area contributed by atoms with Gasteiger partial charge in [-0.25, -0.2) is 4.79 Å². The van der Waals surface area contributed by atoms with E-state index >= 15 is 0 Å². The Kier molecular flexibility index (Phi) is 5.34. The average Bonchev–Trinajstić information content (AvgIpc) is 2.71. The zero-order chi connectivity index (χ0) is 20.7. The molecule has 1 aliphatic rings. The van der Waals surface area contributed by atoms with E-state index in [4.69, 9.17) is 39.5 Å². The van der Waals surface area contributed by atoms with Crippen molar-refractivity contribution < 1.29 is 9.53 Å². The summed E-state index contributed by atoms with van der Waals surface area (Å²) >= 11 is 18.9. The second-order valence-corrected chi connectivity index (χ2v) is 8.01. The SMILES string of the molecule is COc1cc2c(cc1-c1cc(Cl)ccc1Cl)C(c1cccc(Cl)c1)NC(=O)N2C. The van der Waals surface area contributed by atoms with Gasteiger partial charge in [0.1, 0.15) is 5.75 Å². The van der Waals surface area contributed by atoms with Crippen molar-refractivity contribution in [2.75, 3.05) is 19.1 Å². The molecule has 3 aromatic carbocycles. The van der Waals surface area contributed by atoms with Gasteiger partial charge in [0, 0.05) is 44.9 Å². The van der Waals surface area contributed by atoms with Crippen molar-refractivity contribution in [3.05, 3.63) is 80.8 Å². The zero-order valence-electron chi connectivity index (χ0n) is 15.7. The van der Waals surface area contributed by atoms with E-state index in [-0.39, 0.29) is 12.1 Å². The van der Waals surface area contributed by atoms with E-state index in [0.717, 1.165) is 27.9 Å². The normalized spacial score (nSPS) is 15.7. The molecule has 0 spiro atoms. The first-order valence-corrected chi connectivity index (χ1v) is 9.99. The summed E-state index contributed by atoms with van der Waals surface area (Å²) in [6.45, 7) is 0. The summed E-state index contributed by atoms with van der Waals surface area (Å²) in [6, 6.07) is 16.0. The molecule has 1 atom stereocenters. The van der Waals surface area contributed by atoms with Crippen molar-refractivity contribution in [1.82, 2.24) is 5.32 Å². The van der Waals surface area contributed by atoms with E-state index in [0.29, 0.717) is 20.8 Å². The predicted octanol–water partition coefficient (Wildman–Crippen LogP) is 6.57. The molecular formula is C22H17Cl3N2O2. The van der Waals surface area contributed by atoms with Crippen LogP contribution in [-0.2, 0) is 0 Å². The molecule has 4 nitrogen and oxygen atoms in total. The number of carbonyl (C=O) groups excluding carboxylic acids is 1. The lowest BCUT2D eigenvalue weighted by Crippen LogP contribution is -2.44. The number of rotatable bonds is 3. The lowest BCUT2D eigenvalue weighted by Gasteiger charge is -2.34. The van der Waals surface area contributed by atoms with E-state index in [1.807, 2.05) is 30.3 Å². The van der Waals surface area contributed by atoms with Gasteiger partial charge in [-0.2, -0.15) is 0 Å². The van der Waals surface area contributed by atoms with Crippen LogP contribution in [0.3, 0.4) is 0 Å². The third-order valence-electron chi connectivity index (χ3n) is 4.99. The van der Waals surface area contributed by atoms with E-state index < -0.39 is 0 Å². The second kappa shape index (κ2) is 7.79. The van der Waals surface area contributed by atoms with Crippen LogP contribution in [0.25, 0.3) is 11.1 Å². The summed E-state index contributed by atoms with van der Waals surface area (Å²) in [5.41, 5.74) is 4.07. The Morgan fingerprint density at radius 1 is 0.966 bits per heavy atom. The largest absolute Gasteiger partial charge is 0.496 e. The first-order chi connectivity index (χ1) is 13.9. The van der Waals surface area contributed by atoms with Crippen LogP contribution in [0, 0.1) is 0 Å². The highest BCUT2D eigenvalue weighted by Gasteiger charge is 2.31. The molecule has 148 valence electrons. The molecule has 2 amide bonds. The number of fused-ring (bicyclic) bond motifs is 1. The fourth-order valence-electron chi connectivity index (χ4n) is 3.55. The molecule has 4 rings (SSSR count). The lowest BCUT2D eigenvalue weighted by atomic mass is 9.91. The van der Waals surface area contributed by atoms with Gasteiger partial charge in [-0.3, -0.25) is 4.90 Å². The van der Waals surface area contributed by atoms with Crippen LogP contribution in [0.4, 0.5) is 10.5 Å². The lowest BCUT2D eigenvalue weighted by molar-refractivity contribution is 0.244. The number of amides is 2. The van der Waals surface area contributed by atoms with Crippen molar-refractivity contribution in [2.24, 2.45) is 0 Å². The van der Waals surface area contributed by atoms with Crippen molar-refractivity contribution in [3.63, 3.8) is 0 Å². The van der Waals surface area contributed by atoms with Crippen LogP contribution in [0.5, 0.6) is 5.75 Å². The quantitative estimate of drug-likeness (QED) is 0.493. The minimum Gasteiger partial charge on any atom is -0.496 e. The zero-order valence-corrected chi connectivity index (χ0v) is 17.9. The maximum absolute atomic E-state index is 12.6. The van der Waals surface area contributed by atoms with E-state index in [1.54, 1.807) is 43.3 Å². The summed E-state index contributed by atoms with van der Waals surface area (Å²) in [7, 11) is 3.30. The minimum atomic E-state index is -0.366. The summed E-state index contributed by atoms with van der Waals surface area (Å²) in [5, 5.41) is 4.76. The van der Waals surface area contributed by atoms with Gasteiger partial charge >= 0.3 is 6.03 Å². The van der Waals surface area contributed by atoms with Gasteiger partial charge in [-0.1, -0.05) is 46.9 Å². The Morgan fingerprint density at radius 3 is 2.45 bits per heavy atom. The standard InChI is InChI=1S/C22H17Cl3N2O2/c1-27-19-11-20(29-2)16(15-9-14(24)6-7-18(15)25)10-17(19)21(26-22(27)28)12-4-3-5-13(23)8-12/h3-11,21H,1-2H3,(H,26,28). The molecule has 1 N–H and O–H groups in total. The van der Waals surface area contributed by atoms with Gasteiger partial charge in [0.2, 0.25) is 0 Å². The molecule has 1 aliphatic heterocycles. The summed E-state index contributed by atoms with van der Waals surface area (Å²) in [6.07, 6.45) is 0. The topological polar surface area (TPSA) is 41.6 Å². The second-order valence-electron chi connectivity index (χ2n) is 6.73. The number of anilines is 1. The monoisotopic (exact) mass is 446 g/mol. The molecule has 0 saturated carbocycles. The number of carbonyl (C=O) groups is 1. The number of halogens is 3. The molecule has 0 bridgehead atoms. The van der Waals surface area contributed by atoms with Gasteiger partial charge in [-0.15, -0.1) is 0 Å². The van der Waals surface area contributed by atoms with Crippen LogP contribution < -0.4 is 15.0 Å². The Bertz CT molecular complexity index is 1120. The Morgan fingerprint density at radius 2 is 1.72 bits per heavy atom. The Hall–Kier alpha value is -2.40. The number of nitrogens with zero attached hydrogens (tertiary/aromatic N) is 1. The predicted molar refractivity (Wildman–Crippen MR) is 119 cm³/mol. The number of hydrogen-bond donors (Lipinski definition) is 1. The summed E-state index contributed by atoms with van der Waals surface area (Å²) in [4.78, 5) is 14.1. The van der Waals surface area contributed by atoms with E-state index in [9.17, 15) is 4.79 Å². The first-order valence-electron chi connectivity index (χ1n) is 8.86. The number of hydrogen-bond acceptors (Lipinski definition) is 2. The van der Waals surface area contributed by atoms with Crippen LogP contribution in [-0.4, -0.2) is 20.2 Å². The molecule has 1 heterocycles. The maximum Gasteiger partial charge on any atom is 0.322 e. The Balaban J connectivity index is 1.97. The van der Waals surface area contributed by atoms with Crippen molar-refractivity contribution in [2.45, 2.75) is 6.04 Å². The smallest absolute Gasteiger partial charge is 0.322 e. The number of ether oxygens (including phenoxy) is 1.